The van der Waals surface area contributed by atoms with Gasteiger partial charge in [0.2, 0.25) is 5.91 Å². The van der Waals surface area contributed by atoms with E-state index in [2.05, 4.69) is 31.7 Å². The smallest absolute Gasteiger partial charge is 0.220 e. The molecule has 0 saturated carbocycles. The molecule has 158 valence electrons. The molecule has 0 unspecified atom stereocenters. The van der Waals surface area contributed by atoms with E-state index in [0.717, 1.165) is 63.6 Å². The Morgan fingerprint density at radius 1 is 1.32 bits per heavy atom. The number of rotatable bonds is 9. The molecule has 1 aromatic heterocycles. The van der Waals surface area contributed by atoms with Crippen LogP contribution in [0, 0.1) is 11.8 Å². The van der Waals surface area contributed by atoms with Crippen molar-refractivity contribution in [3.63, 3.8) is 0 Å². The minimum atomic E-state index is 0.171. The Balaban J connectivity index is 1.48. The van der Waals surface area contributed by atoms with Gasteiger partial charge in [0.1, 0.15) is 0 Å². The monoisotopic (exact) mass is 391 g/mol. The van der Waals surface area contributed by atoms with Crippen molar-refractivity contribution in [2.24, 2.45) is 11.8 Å². The molecule has 7 heteroatoms. The topological polar surface area (TPSA) is 73.6 Å². The normalized spacial score (nSPS) is 23.8. The van der Waals surface area contributed by atoms with Crippen LogP contribution in [0.3, 0.4) is 0 Å². The third-order valence-corrected chi connectivity index (χ3v) is 6.00. The highest BCUT2D eigenvalue weighted by molar-refractivity contribution is 5.76. The summed E-state index contributed by atoms with van der Waals surface area (Å²) < 4.78 is 5.60. The number of piperidine rings is 2. The second kappa shape index (κ2) is 10.9. The van der Waals surface area contributed by atoms with Gasteiger partial charge in [-0.25, -0.2) is 0 Å². The van der Waals surface area contributed by atoms with Crippen LogP contribution in [0.1, 0.15) is 43.6 Å². The molecule has 0 spiro atoms. The van der Waals surface area contributed by atoms with Crippen molar-refractivity contribution in [2.45, 2.75) is 45.1 Å². The largest absolute Gasteiger partial charge is 0.360 e. The molecule has 2 aliphatic heterocycles. The summed E-state index contributed by atoms with van der Waals surface area (Å²) in [6, 6.07) is 2.12. The van der Waals surface area contributed by atoms with Gasteiger partial charge in [-0.05, 0) is 77.8 Å². The molecule has 2 saturated heterocycles. The Bertz CT molecular complexity index is 597. The third-order valence-electron chi connectivity index (χ3n) is 6.00. The fourth-order valence-electron chi connectivity index (χ4n) is 4.35. The first-order valence-corrected chi connectivity index (χ1v) is 10.9. The molecule has 2 aliphatic rings. The maximum Gasteiger partial charge on any atom is 0.220 e. The number of nitrogens with zero attached hydrogens (tertiary/aromatic N) is 3. The average Bonchev–Trinajstić information content (AvgIpc) is 3.11. The van der Waals surface area contributed by atoms with Gasteiger partial charge in [-0.1, -0.05) is 11.6 Å². The maximum atomic E-state index is 12.3. The molecule has 0 bridgehead atoms. The molecule has 1 aromatic rings. The van der Waals surface area contributed by atoms with Crippen molar-refractivity contribution in [2.75, 3.05) is 53.4 Å². The fraction of sp³-hybridized carbons (Fsp3) is 0.810. The molecule has 7 nitrogen and oxygen atoms in total. The molecular formula is C21H37N5O2. The van der Waals surface area contributed by atoms with Crippen LogP contribution in [0.15, 0.2) is 10.6 Å². The van der Waals surface area contributed by atoms with E-state index < -0.39 is 0 Å². The zero-order chi connectivity index (χ0) is 19.8. The number of nitrogens with one attached hydrogen (secondary N) is 2. The quantitative estimate of drug-likeness (QED) is 0.665. The lowest BCUT2D eigenvalue weighted by Gasteiger charge is -2.31. The van der Waals surface area contributed by atoms with E-state index in [1.165, 1.54) is 19.3 Å². The summed E-state index contributed by atoms with van der Waals surface area (Å²) >= 11 is 0. The number of aromatic nitrogens is 1. The van der Waals surface area contributed by atoms with Crippen LogP contribution in [0.2, 0.25) is 0 Å². The van der Waals surface area contributed by atoms with Gasteiger partial charge in [0, 0.05) is 25.6 Å². The maximum absolute atomic E-state index is 12.3. The number of carbonyl (C=O) groups excluding carboxylic acids is 1. The highest BCUT2D eigenvalue weighted by Crippen LogP contribution is 2.26. The van der Waals surface area contributed by atoms with Gasteiger partial charge in [0.05, 0.1) is 12.2 Å². The summed E-state index contributed by atoms with van der Waals surface area (Å²) in [4.78, 5) is 16.9. The number of likely N-dealkylation sites (N-methyl/N-ethyl adjacent to an activating group) is 1. The lowest BCUT2D eigenvalue weighted by molar-refractivity contribution is -0.122. The molecule has 2 fully saturated rings. The van der Waals surface area contributed by atoms with Crippen molar-refractivity contribution in [3.05, 3.63) is 17.5 Å². The van der Waals surface area contributed by atoms with Crippen molar-refractivity contribution in [1.82, 2.24) is 25.6 Å². The summed E-state index contributed by atoms with van der Waals surface area (Å²) in [6.45, 7) is 6.72. The lowest BCUT2D eigenvalue weighted by Crippen LogP contribution is -2.41. The van der Waals surface area contributed by atoms with Crippen LogP contribution in [-0.4, -0.2) is 74.2 Å². The van der Waals surface area contributed by atoms with E-state index in [1.54, 1.807) is 0 Å². The summed E-state index contributed by atoms with van der Waals surface area (Å²) in [7, 11) is 4.04. The van der Waals surface area contributed by atoms with Gasteiger partial charge >= 0.3 is 0 Å². The van der Waals surface area contributed by atoms with Crippen LogP contribution in [0.25, 0.3) is 0 Å². The van der Waals surface area contributed by atoms with Gasteiger partial charge in [0.15, 0.2) is 5.76 Å². The first kappa shape index (κ1) is 21.3. The van der Waals surface area contributed by atoms with Crippen LogP contribution in [0.4, 0.5) is 0 Å². The molecule has 2 N–H and O–H groups in total. The van der Waals surface area contributed by atoms with Crippen LogP contribution < -0.4 is 10.6 Å². The molecule has 0 aliphatic carbocycles. The van der Waals surface area contributed by atoms with Gasteiger partial charge in [-0.3, -0.25) is 9.69 Å². The number of amides is 1. The zero-order valence-corrected chi connectivity index (χ0v) is 17.6. The van der Waals surface area contributed by atoms with Crippen LogP contribution in [-0.2, 0) is 17.8 Å². The van der Waals surface area contributed by atoms with Gasteiger partial charge < -0.3 is 20.1 Å². The first-order chi connectivity index (χ1) is 13.6. The number of hydrogen-bond acceptors (Lipinski definition) is 6. The zero-order valence-electron chi connectivity index (χ0n) is 17.6. The second-order valence-corrected chi connectivity index (χ2v) is 8.70. The Labute approximate surface area is 169 Å². The summed E-state index contributed by atoms with van der Waals surface area (Å²) in [5.41, 5.74) is 1.03. The van der Waals surface area contributed by atoms with E-state index >= 15 is 0 Å². The third kappa shape index (κ3) is 6.87. The van der Waals surface area contributed by atoms with Crippen molar-refractivity contribution in [3.8, 4) is 0 Å². The average molecular weight is 392 g/mol. The Morgan fingerprint density at radius 3 is 2.93 bits per heavy atom. The van der Waals surface area contributed by atoms with E-state index in [0.29, 0.717) is 24.8 Å². The van der Waals surface area contributed by atoms with Crippen LogP contribution in [0.5, 0.6) is 0 Å². The highest BCUT2D eigenvalue weighted by atomic mass is 16.5. The SMILES string of the molecule is CN(C)CCNC(=O)C[C@H]1CCNC[C@@H]1Cc1cc(CN2CCCCC2)on1. The van der Waals surface area contributed by atoms with E-state index in [-0.39, 0.29) is 5.91 Å². The van der Waals surface area contributed by atoms with Gasteiger partial charge in [0.25, 0.3) is 0 Å². The molecule has 0 aromatic carbocycles. The molecule has 3 heterocycles. The van der Waals surface area contributed by atoms with Crippen molar-refractivity contribution >= 4 is 5.91 Å². The Morgan fingerprint density at radius 2 is 2.14 bits per heavy atom. The number of hydrogen-bond donors (Lipinski definition) is 2. The van der Waals surface area contributed by atoms with Crippen molar-refractivity contribution in [1.29, 1.82) is 0 Å². The van der Waals surface area contributed by atoms with Gasteiger partial charge in [-0.15, -0.1) is 0 Å². The van der Waals surface area contributed by atoms with E-state index in [9.17, 15) is 4.79 Å². The standard InChI is InChI=1S/C21H37N5O2/c1-25(2)11-8-23-21(27)13-17-6-7-22-15-18(17)12-19-14-20(28-24-19)16-26-9-4-3-5-10-26/h14,17-18,22H,3-13,15-16H2,1-2H3,(H,23,27)/t17-,18+/m1/s1. The molecule has 1 amide bonds. The molecular weight excluding hydrogens is 354 g/mol. The minimum Gasteiger partial charge on any atom is -0.360 e. The fourth-order valence-corrected chi connectivity index (χ4v) is 4.35. The summed E-state index contributed by atoms with van der Waals surface area (Å²) in [5.74, 6) is 1.98. The van der Waals surface area contributed by atoms with Crippen molar-refractivity contribution < 1.29 is 9.32 Å². The molecule has 2 atom stereocenters. The predicted octanol–water partition coefficient (Wildman–Crippen LogP) is 1.50. The van der Waals surface area contributed by atoms with E-state index in [1.807, 2.05) is 14.1 Å². The Hall–Kier alpha value is -1.44. The summed E-state index contributed by atoms with van der Waals surface area (Å²) in [5, 5.41) is 10.9. The predicted molar refractivity (Wildman–Crippen MR) is 110 cm³/mol. The Kier molecular flexibility index (Phi) is 8.30. The van der Waals surface area contributed by atoms with E-state index in [4.69, 9.17) is 4.52 Å². The summed E-state index contributed by atoms with van der Waals surface area (Å²) in [6.07, 6.45) is 6.45. The first-order valence-electron chi connectivity index (χ1n) is 10.9. The molecule has 3 rings (SSSR count). The molecule has 0 radical (unpaired) electrons. The number of likely N-dealkylation sites (tertiary alicyclic amines) is 1. The minimum absolute atomic E-state index is 0.171. The lowest BCUT2D eigenvalue weighted by atomic mass is 9.81. The highest BCUT2D eigenvalue weighted by Gasteiger charge is 2.28. The number of carbonyl (C=O) groups is 1. The van der Waals surface area contributed by atoms with Gasteiger partial charge in [-0.2, -0.15) is 0 Å². The molecule has 28 heavy (non-hydrogen) atoms. The second-order valence-electron chi connectivity index (χ2n) is 8.70. The van der Waals surface area contributed by atoms with Crippen LogP contribution >= 0.6 is 0 Å².